The highest BCUT2D eigenvalue weighted by atomic mass is 35.5. The summed E-state index contributed by atoms with van der Waals surface area (Å²) in [6.45, 7) is 3.66. The van der Waals surface area contributed by atoms with Crippen LogP contribution in [0.4, 0.5) is 16.2 Å². The Labute approximate surface area is 156 Å². The van der Waals surface area contributed by atoms with Gasteiger partial charge in [-0.3, -0.25) is 9.48 Å². The van der Waals surface area contributed by atoms with E-state index in [0.717, 1.165) is 11.3 Å². The van der Waals surface area contributed by atoms with Crippen molar-refractivity contribution in [2.45, 2.75) is 13.8 Å². The van der Waals surface area contributed by atoms with Crippen LogP contribution < -0.4 is 16.2 Å². The average molecular weight is 371 g/mol. The average Bonchev–Trinajstić information content (AvgIpc) is 2.82. The molecule has 6 nitrogen and oxygen atoms in total. The van der Waals surface area contributed by atoms with E-state index in [4.69, 9.17) is 11.6 Å². The quantitative estimate of drug-likeness (QED) is 0.729. The minimum Gasteiger partial charge on any atom is -0.308 e. The van der Waals surface area contributed by atoms with Gasteiger partial charge in [0.15, 0.2) is 0 Å². The molecule has 134 valence electrons. The number of para-hydroxylation sites is 1. The second kappa shape index (κ2) is 7.09. The van der Waals surface area contributed by atoms with Crippen molar-refractivity contribution in [3.63, 3.8) is 0 Å². The van der Waals surface area contributed by atoms with Crippen LogP contribution in [0.2, 0.25) is 5.02 Å². The van der Waals surface area contributed by atoms with Gasteiger partial charge in [-0.2, -0.15) is 0 Å². The molecule has 0 radical (unpaired) electrons. The van der Waals surface area contributed by atoms with E-state index in [9.17, 15) is 9.59 Å². The van der Waals surface area contributed by atoms with E-state index >= 15 is 0 Å². The van der Waals surface area contributed by atoms with Crippen molar-refractivity contribution >= 4 is 29.0 Å². The van der Waals surface area contributed by atoms with Crippen LogP contribution in [0.25, 0.3) is 5.69 Å². The van der Waals surface area contributed by atoms with Gasteiger partial charge in [-0.15, -0.1) is 0 Å². The number of nitrogens with zero attached hydrogens (tertiary/aromatic N) is 2. The van der Waals surface area contributed by atoms with Crippen LogP contribution in [0, 0.1) is 13.8 Å². The van der Waals surface area contributed by atoms with Crippen molar-refractivity contribution in [1.29, 1.82) is 0 Å². The molecule has 0 saturated heterocycles. The molecule has 2 aromatic carbocycles. The number of amides is 2. The number of halogens is 1. The molecule has 0 aliphatic rings. The molecule has 7 heteroatoms. The lowest BCUT2D eigenvalue weighted by Gasteiger charge is -2.08. The van der Waals surface area contributed by atoms with Crippen LogP contribution in [0.15, 0.2) is 53.3 Å². The lowest BCUT2D eigenvalue weighted by Crippen LogP contribution is -2.25. The fourth-order valence-electron chi connectivity index (χ4n) is 2.66. The summed E-state index contributed by atoms with van der Waals surface area (Å²) in [7, 11) is 1.77. The lowest BCUT2D eigenvalue weighted by atomic mass is 10.2. The molecule has 1 aromatic heterocycles. The number of anilines is 2. The van der Waals surface area contributed by atoms with Crippen molar-refractivity contribution < 1.29 is 4.79 Å². The van der Waals surface area contributed by atoms with Gasteiger partial charge in [0.1, 0.15) is 5.69 Å². The number of nitrogens with one attached hydrogen (secondary N) is 2. The van der Waals surface area contributed by atoms with Gasteiger partial charge in [0.05, 0.1) is 11.4 Å². The van der Waals surface area contributed by atoms with Crippen LogP contribution in [0.3, 0.4) is 0 Å². The zero-order valence-corrected chi connectivity index (χ0v) is 15.5. The number of rotatable bonds is 3. The highest BCUT2D eigenvalue weighted by molar-refractivity contribution is 6.31. The molecule has 3 aromatic rings. The van der Waals surface area contributed by atoms with E-state index < -0.39 is 6.03 Å². The zero-order chi connectivity index (χ0) is 18.8. The van der Waals surface area contributed by atoms with Crippen LogP contribution >= 0.6 is 11.6 Å². The highest BCUT2D eigenvalue weighted by Crippen LogP contribution is 2.20. The number of carbonyl (C=O) groups excluding carboxylic acids is 1. The van der Waals surface area contributed by atoms with Gasteiger partial charge >= 0.3 is 6.03 Å². The van der Waals surface area contributed by atoms with Gasteiger partial charge in [0, 0.05) is 17.8 Å². The van der Waals surface area contributed by atoms with Crippen molar-refractivity contribution in [2.24, 2.45) is 7.05 Å². The summed E-state index contributed by atoms with van der Waals surface area (Å²) in [4.78, 5) is 25.1. The largest absolute Gasteiger partial charge is 0.323 e. The van der Waals surface area contributed by atoms with Gasteiger partial charge in [0.2, 0.25) is 0 Å². The fraction of sp³-hybridized carbons (Fsp3) is 0.158. The van der Waals surface area contributed by atoms with Crippen LogP contribution in [-0.2, 0) is 7.05 Å². The Morgan fingerprint density at radius 3 is 2.38 bits per heavy atom. The third-order valence-electron chi connectivity index (χ3n) is 4.22. The first kappa shape index (κ1) is 17.8. The summed E-state index contributed by atoms with van der Waals surface area (Å²) in [5.41, 5.74) is 2.77. The monoisotopic (exact) mass is 370 g/mol. The Balaban J connectivity index is 1.87. The van der Waals surface area contributed by atoms with Crippen LogP contribution in [0.1, 0.15) is 11.3 Å². The minimum atomic E-state index is -0.504. The molecule has 0 bridgehead atoms. The summed E-state index contributed by atoms with van der Waals surface area (Å²) in [5, 5.41) is 5.89. The van der Waals surface area contributed by atoms with Gasteiger partial charge in [-0.1, -0.05) is 35.9 Å². The molecule has 0 spiro atoms. The zero-order valence-electron chi connectivity index (χ0n) is 14.7. The summed E-state index contributed by atoms with van der Waals surface area (Å²) in [6, 6.07) is 14.0. The summed E-state index contributed by atoms with van der Waals surface area (Å²) in [5.74, 6) is 0. The Morgan fingerprint density at radius 1 is 1.04 bits per heavy atom. The Hall–Kier alpha value is -2.99. The predicted octanol–water partition coefficient (Wildman–Crippen LogP) is 4.09. The smallest absolute Gasteiger partial charge is 0.308 e. The molecule has 0 fully saturated rings. The molecule has 1 heterocycles. The molecule has 0 saturated carbocycles. The molecular formula is C19H19ClN4O2. The molecule has 26 heavy (non-hydrogen) atoms. The minimum absolute atomic E-state index is 0.229. The van der Waals surface area contributed by atoms with Crippen molar-refractivity contribution in [3.05, 3.63) is 75.2 Å². The first-order valence-corrected chi connectivity index (χ1v) is 8.44. The van der Waals surface area contributed by atoms with E-state index in [1.54, 1.807) is 30.8 Å². The molecule has 0 aliphatic carbocycles. The number of aromatic nitrogens is 2. The molecular weight excluding hydrogens is 352 g/mol. The Kier molecular flexibility index (Phi) is 4.86. The molecule has 2 N–H and O–H groups in total. The second-order valence-electron chi connectivity index (χ2n) is 5.98. The second-order valence-corrected chi connectivity index (χ2v) is 6.39. The molecule has 0 atom stereocenters. The van der Waals surface area contributed by atoms with E-state index in [2.05, 4.69) is 10.6 Å². The predicted molar refractivity (Wildman–Crippen MR) is 105 cm³/mol. The topological polar surface area (TPSA) is 68.1 Å². The lowest BCUT2D eigenvalue weighted by molar-refractivity contribution is 0.262. The number of urea groups is 1. The van der Waals surface area contributed by atoms with Gasteiger partial charge < -0.3 is 10.6 Å². The third kappa shape index (κ3) is 3.36. The molecule has 3 rings (SSSR count). The molecule has 0 unspecified atom stereocenters. The maximum atomic E-state index is 12.8. The Morgan fingerprint density at radius 2 is 1.73 bits per heavy atom. The molecule has 2 amide bonds. The fourth-order valence-corrected chi connectivity index (χ4v) is 2.84. The van der Waals surface area contributed by atoms with Crippen molar-refractivity contribution in [2.75, 3.05) is 10.6 Å². The summed E-state index contributed by atoms with van der Waals surface area (Å²) in [6.07, 6.45) is 0. The van der Waals surface area contributed by atoms with Gasteiger partial charge in [-0.25, -0.2) is 9.48 Å². The standard InChI is InChI=1S/C19H19ClN4O2/c1-12-9-10-14(11-16(12)20)21-19(26)22-17-13(2)23(3)24(18(17)25)15-7-5-4-6-8-15/h4-11H,1-3H3,(H2,21,22,26). The SMILES string of the molecule is Cc1ccc(NC(=O)Nc2c(C)n(C)n(-c3ccccc3)c2=O)cc1Cl. The first-order valence-electron chi connectivity index (χ1n) is 8.06. The maximum Gasteiger partial charge on any atom is 0.323 e. The number of hydrogen-bond donors (Lipinski definition) is 2. The summed E-state index contributed by atoms with van der Waals surface area (Å²) < 4.78 is 3.21. The summed E-state index contributed by atoms with van der Waals surface area (Å²) >= 11 is 6.07. The maximum absolute atomic E-state index is 12.8. The first-order chi connectivity index (χ1) is 12.4. The van der Waals surface area contributed by atoms with E-state index in [1.165, 1.54) is 4.68 Å². The Bertz CT molecular complexity index is 1020. The van der Waals surface area contributed by atoms with E-state index in [0.29, 0.717) is 16.4 Å². The molecule has 0 aliphatic heterocycles. The third-order valence-corrected chi connectivity index (χ3v) is 4.63. The number of aryl methyl sites for hydroxylation is 1. The van der Waals surface area contributed by atoms with E-state index in [1.807, 2.05) is 43.3 Å². The number of hydrogen-bond acceptors (Lipinski definition) is 2. The van der Waals surface area contributed by atoms with E-state index in [-0.39, 0.29) is 11.2 Å². The van der Waals surface area contributed by atoms with Crippen LogP contribution in [-0.4, -0.2) is 15.4 Å². The highest BCUT2D eigenvalue weighted by Gasteiger charge is 2.18. The normalized spacial score (nSPS) is 10.6. The van der Waals surface area contributed by atoms with Crippen LogP contribution in [0.5, 0.6) is 0 Å². The van der Waals surface area contributed by atoms with Gasteiger partial charge in [-0.05, 0) is 43.7 Å². The van der Waals surface area contributed by atoms with Gasteiger partial charge in [0.25, 0.3) is 5.56 Å². The number of carbonyl (C=O) groups is 1. The number of benzene rings is 2. The van der Waals surface area contributed by atoms with Crippen molar-refractivity contribution in [1.82, 2.24) is 9.36 Å². The van der Waals surface area contributed by atoms with Crippen molar-refractivity contribution in [3.8, 4) is 5.69 Å².